The monoisotopic (exact) mass is 137 g/mol. The molecule has 0 heterocycles. The van der Waals surface area contributed by atoms with Gasteiger partial charge in [-0.15, -0.1) is 0 Å². The lowest BCUT2D eigenvalue weighted by atomic mass is 10.5. The zero-order chi connectivity index (χ0) is 7.82. The molecule has 0 spiro atoms. The first-order valence-corrected chi connectivity index (χ1v) is 2.64. The molecule has 0 aliphatic heterocycles. The van der Waals surface area contributed by atoms with Crippen LogP contribution in [-0.4, -0.2) is 12.6 Å². The van der Waals surface area contributed by atoms with Crippen LogP contribution in [0.5, 0.6) is 0 Å². The van der Waals surface area contributed by atoms with Crippen molar-refractivity contribution in [2.24, 2.45) is 0 Å². The Labute approximate surface area is 59.2 Å². The van der Waals surface area contributed by atoms with Gasteiger partial charge in [0.25, 0.3) is 0 Å². The number of esters is 1. The molecule has 0 aliphatic carbocycles. The maximum atomic E-state index is 10.5. The van der Waals surface area contributed by atoms with Crippen LogP contribution in [0.25, 0.3) is 0 Å². The number of hydrogen-bond donors (Lipinski definition) is 0. The lowest BCUT2D eigenvalue weighted by molar-refractivity contribution is -0.136. The van der Waals surface area contributed by atoms with Crippen LogP contribution in [0.4, 0.5) is 0 Å². The predicted molar refractivity (Wildman–Crippen MR) is 35.9 cm³/mol. The van der Waals surface area contributed by atoms with Crippen molar-refractivity contribution in [2.75, 3.05) is 6.61 Å². The molecule has 0 rings (SSSR count). The summed E-state index contributed by atoms with van der Waals surface area (Å²) in [4.78, 5) is 10.5. The van der Waals surface area contributed by atoms with Gasteiger partial charge in [-0.3, -0.25) is 0 Å². The Kier molecular flexibility index (Phi) is 4.70. The fraction of sp³-hybridized carbons (Fsp3) is 0.143. The van der Waals surface area contributed by atoms with E-state index in [0.29, 0.717) is 0 Å². The largest absolute Gasteiger partial charge is 0.447 e. The summed E-state index contributed by atoms with van der Waals surface area (Å²) in [5, 5.41) is 7.97. The summed E-state index contributed by atoms with van der Waals surface area (Å²) in [5.41, 5.74) is 0. The third-order valence-electron chi connectivity index (χ3n) is 0.647. The summed E-state index contributed by atoms with van der Waals surface area (Å²) in [7, 11) is 0. The fourth-order valence-electron chi connectivity index (χ4n) is 0.298. The minimum atomic E-state index is -0.526. The van der Waals surface area contributed by atoms with Crippen LogP contribution in [0.3, 0.4) is 0 Å². The van der Waals surface area contributed by atoms with Crippen molar-refractivity contribution in [2.45, 2.75) is 0 Å². The van der Waals surface area contributed by atoms with E-state index in [4.69, 9.17) is 5.26 Å². The molecule has 0 aromatic carbocycles. The second kappa shape index (κ2) is 5.57. The number of ether oxygens (including phenoxy) is 1. The van der Waals surface area contributed by atoms with E-state index in [2.05, 4.69) is 11.3 Å². The lowest BCUT2D eigenvalue weighted by Gasteiger charge is -1.90. The normalized spacial score (nSPS) is 8.70. The van der Waals surface area contributed by atoms with E-state index in [-0.39, 0.29) is 6.61 Å². The minimum Gasteiger partial charge on any atom is -0.447 e. The zero-order valence-corrected chi connectivity index (χ0v) is 5.41. The summed E-state index contributed by atoms with van der Waals surface area (Å²) in [6.07, 6.45) is 4.09. The molecular formula is C7H7NO2. The highest BCUT2D eigenvalue weighted by Crippen LogP contribution is 1.80. The van der Waals surface area contributed by atoms with Crippen molar-refractivity contribution in [1.82, 2.24) is 0 Å². The van der Waals surface area contributed by atoms with Crippen molar-refractivity contribution in [3.63, 3.8) is 0 Å². The van der Waals surface area contributed by atoms with E-state index in [9.17, 15) is 4.79 Å². The Morgan fingerprint density at radius 3 is 3.00 bits per heavy atom. The molecule has 10 heavy (non-hydrogen) atoms. The predicted octanol–water partition coefficient (Wildman–Crippen LogP) is 0.795. The van der Waals surface area contributed by atoms with Crippen LogP contribution in [0, 0.1) is 11.3 Å². The van der Waals surface area contributed by atoms with Crippen molar-refractivity contribution >= 4 is 5.97 Å². The molecule has 0 aliphatic rings. The summed E-state index contributed by atoms with van der Waals surface area (Å²) in [6, 6.07) is 1.67. The molecule has 0 radical (unpaired) electrons. The van der Waals surface area contributed by atoms with Gasteiger partial charge in [0.1, 0.15) is 6.07 Å². The highest BCUT2D eigenvalue weighted by molar-refractivity contribution is 5.82. The summed E-state index contributed by atoms with van der Waals surface area (Å²) < 4.78 is 4.36. The van der Waals surface area contributed by atoms with Crippen LogP contribution in [0.2, 0.25) is 0 Å². The number of allylic oxidation sites excluding steroid dienone is 2. The van der Waals surface area contributed by atoms with Gasteiger partial charge in [-0.1, -0.05) is 18.7 Å². The molecule has 0 aromatic heterocycles. The molecule has 52 valence electrons. The van der Waals surface area contributed by atoms with Crippen LogP contribution < -0.4 is 0 Å². The van der Waals surface area contributed by atoms with Crippen molar-refractivity contribution < 1.29 is 9.53 Å². The van der Waals surface area contributed by atoms with Crippen LogP contribution >= 0.6 is 0 Å². The first-order chi connectivity index (χ1) is 4.81. The van der Waals surface area contributed by atoms with Gasteiger partial charge in [-0.2, -0.15) is 5.26 Å². The minimum absolute atomic E-state index is 0.208. The first-order valence-electron chi connectivity index (χ1n) is 2.64. The lowest BCUT2D eigenvalue weighted by Crippen LogP contribution is -1.99. The number of carbonyl (C=O) groups excluding carboxylic acids is 1. The molecule has 0 saturated heterocycles. The van der Waals surface area contributed by atoms with Crippen LogP contribution in [-0.2, 0) is 9.53 Å². The number of nitriles is 1. The molecule has 0 fully saturated rings. The second-order valence-electron chi connectivity index (χ2n) is 1.36. The number of carbonyl (C=O) groups is 1. The van der Waals surface area contributed by atoms with Crippen molar-refractivity contribution in [3.05, 3.63) is 24.8 Å². The molecule has 0 aromatic rings. The molecule has 0 amide bonds. The van der Waals surface area contributed by atoms with Gasteiger partial charge in [-0.25, -0.2) is 4.79 Å². The third-order valence-corrected chi connectivity index (χ3v) is 0.647. The quantitative estimate of drug-likeness (QED) is 0.328. The Morgan fingerprint density at radius 2 is 2.50 bits per heavy atom. The van der Waals surface area contributed by atoms with Crippen molar-refractivity contribution in [1.29, 1.82) is 5.26 Å². The Balaban J connectivity index is 3.55. The molecular weight excluding hydrogens is 130 g/mol. The molecule has 3 heteroatoms. The van der Waals surface area contributed by atoms with Gasteiger partial charge < -0.3 is 4.74 Å². The Bertz CT molecular complexity index is 188. The van der Waals surface area contributed by atoms with Crippen molar-refractivity contribution in [3.8, 4) is 6.07 Å². The van der Waals surface area contributed by atoms with E-state index in [1.165, 1.54) is 18.2 Å². The molecule has 3 nitrogen and oxygen atoms in total. The average Bonchev–Trinajstić information content (AvgIpc) is 1.97. The number of rotatable bonds is 3. The van der Waals surface area contributed by atoms with E-state index >= 15 is 0 Å². The van der Waals surface area contributed by atoms with Gasteiger partial charge in [-0.05, 0) is 0 Å². The van der Waals surface area contributed by atoms with Gasteiger partial charge in [0.15, 0.2) is 6.61 Å². The Morgan fingerprint density at radius 1 is 1.80 bits per heavy atom. The van der Waals surface area contributed by atoms with Crippen LogP contribution in [0.15, 0.2) is 24.8 Å². The maximum Gasteiger partial charge on any atom is 0.331 e. The number of nitrogens with zero attached hydrogens (tertiary/aromatic N) is 1. The highest BCUT2D eigenvalue weighted by atomic mass is 16.5. The van der Waals surface area contributed by atoms with E-state index < -0.39 is 5.97 Å². The average molecular weight is 137 g/mol. The number of hydrogen-bond acceptors (Lipinski definition) is 3. The standard InChI is InChI=1S/C7H7NO2/c1-2-3-4-7(9)10-6-5-8/h2-4H,1,6H2. The SMILES string of the molecule is C=CC=CC(=O)OCC#N. The van der Waals surface area contributed by atoms with Gasteiger partial charge >= 0.3 is 5.97 Å². The summed E-state index contributed by atoms with van der Waals surface area (Å²) in [5.74, 6) is -0.526. The zero-order valence-electron chi connectivity index (χ0n) is 5.41. The molecule has 0 unspecified atom stereocenters. The fourth-order valence-corrected chi connectivity index (χ4v) is 0.298. The van der Waals surface area contributed by atoms with Gasteiger partial charge in [0, 0.05) is 6.08 Å². The molecule has 0 bridgehead atoms. The second-order valence-corrected chi connectivity index (χ2v) is 1.36. The maximum absolute atomic E-state index is 10.5. The van der Waals surface area contributed by atoms with E-state index in [1.54, 1.807) is 6.07 Å². The van der Waals surface area contributed by atoms with Gasteiger partial charge in [0.05, 0.1) is 0 Å². The molecule has 0 saturated carbocycles. The highest BCUT2D eigenvalue weighted by Gasteiger charge is 1.91. The smallest absolute Gasteiger partial charge is 0.331 e. The summed E-state index contributed by atoms with van der Waals surface area (Å²) >= 11 is 0. The van der Waals surface area contributed by atoms with E-state index in [1.807, 2.05) is 0 Å². The topological polar surface area (TPSA) is 50.1 Å². The first kappa shape index (κ1) is 8.44. The Hall–Kier alpha value is -1.56. The van der Waals surface area contributed by atoms with E-state index in [0.717, 1.165) is 0 Å². The van der Waals surface area contributed by atoms with Gasteiger partial charge in [0.2, 0.25) is 0 Å². The van der Waals surface area contributed by atoms with Crippen LogP contribution in [0.1, 0.15) is 0 Å². The molecule has 0 atom stereocenters. The third kappa shape index (κ3) is 4.60. The summed E-state index contributed by atoms with van der Waals surface area (Å²) in [6.45, 7) is 3.15. The molecule has 0 N–H and O–H groups in total.